The van der Waals surface area contributed by atoms with Gasteiger partial charge in [0, 0.05) is 50.9 Å². The predicted octanol–water partition coefficient (Wildman–Crippen LogP) is 5.84. The lowest BCUT2D eigenvalue weighted by molar-refractivity contribution is -0.346. The average molecular weight is 1220 g/mol. The molecule has 2 bridgehead atoms. The Hall–Kier alpha value is -7.57. The Bertz CT molecular complexity index is 3150. The zero-order valence-corrected chi connectivity index (χ0v) is 50.2. The number of aliphatic carboxylic acids is 1. The summed E-state index contributed by atoms with van der Waals surface area (Å²) in [7, 11) is 0. The molecule has 1 aromatic heterocycles. The molecule has 9 rings (SSSR count). The Morgan fingerprint density at radius 3 is 1.99 bits per heavy atom. The number of nitrogens with one attached hydrogen (secondary N) is 2. The van der Waals surface area contributed by atoms with Gasteiger partial charge in [0.15, 0.2) is 22.6 Å². The van der Waals surface area contributed by atoms with E-state index in [4.69, 9.17) is 33.2 Å². The maximum absolute atomic E-state index is 16.5. The molecule has 2 amide bonds. The summed E-state index contributed by atoms with van der Waals surface area (Å²) >= 11 is 0.957. The highest BCUT2D eigenvalue weighted by molar-refractivity contribution is 7.99. The smallest absolute Gasteiger partial charge is 0.350 e. The number of aliphatic hydroxyl groups is 1. The van der Waals surface area contributed by atoms with Gasteiger partial charge in [0.05, 0.1) is 41.1 Å². The number of carboxylic acids is 1. The van der Waals surface area contributed by atoms with Gasteiger partial charge in [-0.2, -0.15) is 0 Å². The number of nitrogens with zero attached hydrogens (tertiary/aromatic N) is 2. The van der Waals surface area contributed by atoms with Crippen LogP contribution in [0.3, 0.4) is 0 Å². The maximum Gasteiger partial charge on any atom is 0.350 e. The van der Waals surface area contributed by atoms with E-state index >= 15 is 9.59 Å². The number of carboxylic acid groups (broad SMARTS) is 1. The summed E-state index contributed by atoms with van der Waals surface area (Å²) in [6.45, 7) is 7.83. The molecule has 87 heavy (non-hydrogen) atoms. The van der Waals surface area contributed by atoms with Crippen LogP contribution < -0.4 is 10.6 Å². The predicted molar refractivity (Wildman–Crippen MR) is 305 cm³/mol. The van der Waals surface area contributed by atoms with E-state index in [2.05, 4.69) is 20.6 Å². The Labute approximate surface area is 507 Å². The topological polar surface area (TPSA) is 326 Å². The molecule has 1 saturated heterocycles. The van der Waals surface area contributed by atoms with Gasteiger partial charge in [0.25, 0.3) is 0 Å². The summed E-state index contributed by atoms with van der Waals surface area (Å²) in [4.78, 5) is 151. The van der Waals surface area contributed by atoms with E-state index in [1.807, 2.05) is 0 Å². The fourth-order valence-corrected chi connectivity index (χ4v) is 14.5. The zero-order chi connectivity index (χ0) is 62.6. The molecule has 0 radical (unpaired) electrons. The van der Waals surface area contributed by atoms with Crippen molar-refractivity contribution in [2.24, 2.45) is 28.6 Å². The van der Waals surface area contributed by atoms with Crippen molar-refractivity contribution in [3.05, 3.63) is 101 Å². The van der Waals surface area contributed by atoms with Crippen LogP contribution in [0.15, 0.2) is 95.4 Å². The zero-order valence-electron chi connectivity index (χ0n) is 49.4. The number of aromatic nitrogens is 2. The van der Waals surface area contributed by atoms with E-state index in [1.54, 1.807) is 42.5 Å². The van der Waals surface area contributed by atoms with E-state index in [0.29, 0.717) is 38.5 Å². The number of fused-ring (bicyclic) bond motifs is 5. The van der Waals surface area contributed by atoms with E-state index in [0.717, 1.165) is 38.5 Å². The number of hydrogen-bond donors (Lipinski definition) is 4. The molecular weight excluding hydrogens is 1150 g/mol. The molecule has 5 aliphatic carbocycles. The first-order chi connectivity index (χ1) is 41.4. The van der Waals surface area contributed by atoms with E-state index in [-0.39, 0.29) is 39.6 Å². The lowest BCUT2D eigenvalue weighted by atomic mass is 9.44. The van der Waals surface area contributed by atoms with Crippen LogP contribution in [-0.2, 0) is 76.3 Å². The van der Waals surface area contributed by atoms with Gasteiger partial charge >= 0.3 is 41.8 Å². The van der Waals surface area contributed by atoms with Crippen molar-refractivity contribution in [3.63, 3.8) is 0 Å². The number of benzene rings is 2. The summed E-state index contributed by atoms with van der Waals surface area (Å²) in [5.41, 5.74) is -8.29. The highest BCUT2D eigenvalue weighted by atomic mass is 32.2. The van der Waals surface area contributed by atoms with Gasteiger partial charge in [0.1, 0.15) is 42.1 Å². The largest absolute Gasteiger partial charge is 0.481 e. The summed E-state index contributed by atoms with van der Waals surface area (Å²) in [6, 6.07) is 14.1. The van der Waals surface area contributed by atoms with E-state index in [9.17, 15) is 48.6 Å². The summed E-state index contributed by atoms with van der Waals surface area (Å²) in [6.07, 6.45) is -4.52. The number of ketones is 1. The monoisotopic (exact) mass is 1220 g/mol. The number of esters is 6. The molecule has 2 aromatic carbocycles. The van der Waals surface area contributed by atoms with Crippen molar-refractivity contribution < 1.29 is 91.3 Å². The summed E-state index contributed by atoms with van der Waals surface area (Å²) in [5, 5.41) is 29.8. The SMILES string of the molecule is CC(=O)O[C@H]1C(=O)[C@]2(C)[C@@H](OC(=O)C3CCCC3)C[C@H]3OC[C@@]3(OC(C)=O)[C@H]2[C@H](OC(=O)c2ccccc2)[C@]2(O)C[C@H](OC(=O)[C@H](OC(=O)C3CCCC3)[C@@H](NC(=O)[C@@H](CCC(=O)O)NC(=O)CSc3ncccn3)c3ccccc3)C(C)=C1C2(C)C. The van der Waals surface area contributed by atoms with Crippen molar-refractivity contribution in [2.75, 3.05) is 12.4 Å². The fraction of sp³-hybridized carbons (Fsp3) is 0.556. The molecule has 23 nitrogen and oxygen atoms in total. The van der Waals surface area contributed by atoms with E-state index < -0.39 is 174 Å². The molecule has 12 atom stereocenters. The first-order valence-electron chi connectivity index (χ1n) is 29.5. The summed E-state index contributed by atoms with van der Waals surface area (Å²) in [5.74, 6) is -12.5. The molecule has 4 saturated carbocycles. The molecule has 0 unspecified atom stereocenters. The third-order valence-corrected chi connectivity index (χ3v) is 19.3. The molecule has 466 valence electrons. The minimum absolute atomic E-state index is 0.00634. The fourth-order valence-electron chi connectivity index (χ4n) is 13.9. The Kier molecular flexibility index (Phi) is 19.4. The molecule has 24 heteroatoms. The molecule has 0 spiro atoms. The van der Waals surface area contributed by atoms with Crippen molar-refractivity contribution in [3.8, 4) is 0 Å². The normalized spacial score (nSPS) is 28.5. The Morgan fingerprint density at radius 2 is 1.40 bits per heavy atom. The third-order valence-electron chi connectivity index (χ3n) is 18.5. The Balaban J connectivity index is 1.18. The van der Waals surface area contributed by atoms with Crippen molar-refractivity contribution >= 4 is 71.1 Å². The minimum atomic E-state index is -2.57. The highest BCUT2D eigenvalue weighted by Gasteiger charge is 2.79. The molecule has 4 N–H and O–H groups in total. The van der Waals surface area contributed by atoms with Crippen LogP contribution in [0.25, 0.3) is 0 Å². The lowest BCUT2D eigenvalue weighted by Crippen LogP contribution is -2.82. The molecule has 3 aromatic rings. The number of rotatable bonds is 21. The molecule has 1 aliphatic heterocycles. The first-order valence-corrected chi connectivity index (χ1v) is 30.5. The first kappa shape index (κ1) is 63.9. The standard InChI is InChI=1S/C63H74N4O19S/c1-34-42(82-58(78)50(84-56(76)39-24-15-16-25-39)48(37-18-9-7-10-19-37)67-54(74)41(26-27-46(71)72)66-45(70)32-87-59-64-28-17-29-65-59)31-63(79)53(85-57(77)40-20-11-8-12-21-40)51-61(6,52(73)49(81-35(2)68)47(34)60(63,4)5)43(83-55(75)38-22-13-14-23-38)30-44-62(51,33-80-44)86-36(3)69/h7-12,17-21,28-29,38-39,41-44,48-51,53,79H,13-16,22-27,30-33H2,1-6H3,(H,66,70)(H,67,74)(H,71,72)/t41-,42+,43+,44-,48+,49-,50-,51+,53+,61-,62+,63-/m1/s1. The van der Waals surface area contributed by atoms with Crippen LogP contribution in [0.1, 0.15) is 141 Å². The van der Waals surface area contributed by atoms with Crippen LogP contribution >= 0.6 is 11.8 Å². The summed E-state index contributed by atoms with van der Waals surface area (Å²) < 4.78 is 44.4. The molecule has 6 aliphatic rings. The van der Waals surface area contributed by atoms with Crippen LogP contribution in [0.2, 0.25) is 0 Å². The van der Waals surface area contributed by atoms with Crippen molar-refractivity contribution in [1.29, 1.82) is 0 Å². The van der Waals surface area contributed by atoms with Gasteiger partial charge in [-0.15, -0.1) is 0 Å². The number of carbonyl (C=O) groups is 10. The molecule has 5 fully saturated rings. The Morgan fingerprint density at radius 1 is 0.782 bits per heavy atom. The maximum atomic E-state index is 16.5. The number of thioether (sulfide) groups is 1. The van der Waals surface area contributed by atoms with Crippen molar-refractivity contribution in [2.45, 2.75) is 184 Å². The number of ether oxygens (including phenoxy) is 7. The van der Waals surface area contributed by atoms with Crippen LogP contribution in [0.5, 0.6) is 0 Å². The van der Waals surface area contributed by atoms with Crippen LogP contribution in [0.4, 0.5) is 0 Å². The van der Waals surface area contributed by atoms with Gasteiger partial charge in [-0.05, 0) is 80.9 Å². The minimum Gasteiger partial charge on any atom is -0.481 e. The quantitative estimate of drug-likeness (QED) is 0.0320. The average Bonchev–Trinajstić information content (AvgIpc) is 1.71. The third kappa shape index (κ3) is 13.0. The van der Waals surface area contributed by atoms with Gasteiger partial charge < -0.3 is 54.0 Å². The van der Waals surface area contributed by atoms with Crippen LogP contribution in [-0.4, -0.2) is 146 Å². The molecular formula is C63H74N4O19S. The number of amides is 2. The van der Waals surface area contributed by atoms with Gasteiger partial charge in [-0.3, -0.25) is 38.4 Å². The number of hydrogen-bond acceptors (Lipinski definition) is 21. The number of carbonyl (C=O) groups excluding carboxylic acids is 9. The van der Waals surface area contributed by atoms with Crippen LogP contribution in [0, 0.1) is 28.6 Å². The van der Waals surface area contributed by atoms with Gasteiger partial charge in [-0.25, -0.2) is 19.6 Å². The second-order valence-electron chi connectivity index (χ2n) is 24.2. The lowest BCUT2D eigenvalue weighted by Gasteiger charge is -2.67. The second kappa shape index (κ2) is 26.4. The number of Topliss-reactive ketones (excluding diaryl/α,β-unsaturated/α-hetero) is 1. The molecule has 2 heterocycles. The van der Waals surface area contributed by atoms with Gasteiger partial charge in [-0.1, -0.05) is 99.8 Å². The van der Waals surface area contributed by atoms with Gasteiger partial charge in [0.2, 0.25) is 17.9 Å². The van der Waals surface area contributed by atoms with Crippen molar-refractivity contribution in [1.82, 2.24) is 20.6 Å². The van der Waals surface area contributed by atoms with E-state index in [1.165, 1.54) is 64.4 Å². The highest BCUT2D eigenvalue weighted by Crippen LogP contribution is 2.65. The second-order valence-corrected chi connectivity index (χ2v) is 25.1.